The van der Waals surface area contributed by atoms with Gasteiger partial charge in [-0.05, 0) is 73.9 Å². The molecule has 1 unspecified atom stereocenters. The van der Waals surface area contributed by atoms with E-state index in [2.05, 4.69) is 21.5 Å². The fraction of sp³-hybridized carbons (Fsp3) is 0.273. The normalized spacial score (nSPS) is 20.7. The van der Waals surface area contributed by atoms with Crippen LogP contribution in [0.25, 0.3) is 16.6 Å². The molecule has 2 heterocycles. The zero-order valence-electron chi connectivity index (χ0n) is 22.7. The maximum absolute atomic E-state index is 13.1. The molecule has 0 bridgehead atoms. The lowest BCUT2D eigenvalue weighted by Crippen LogP contribution is -2.27. The Bertz CT molecular complexity index is 1630. The standard InChI is InChI=1S/C33H33N5O3/c34-32-30-28(19-29(38(30)36-20-35-32)23-13-17-26(39)18-14-23)22-11-15-25(16-12-22)37-33(41)27-8-4-7-24(31(27)40)10-9-21-5-2-1-3-6-21/h1-8,11-12,15-16,19-20,23-24,26,39H,9-10,13-14,17-18H2,(H,37,41)(H2,34,35,36)/t23-,24?,26+. The lowest BCUT2D eigenvalue weighted by molar-refractivity contribution is -0.122. The summed E-state index contributed by atoms with van der Waals surface area (Å²) in [6, 6.07) is 19.6. The summed E-state index contributed by atoms with van der Waals surface area (Å²) >= 11 is 0. The Kier molecular flexibility index (Phi) is 7.48. The largest absolute Gasteiger partial charge is 0.393 e. The molecule has 1 amide bonds. The van der Waals surface area contributed by atoms with E-state index in [0.717, 1.165) is 54.4 Å². The highest BCUT2D eigenvalue weighted by molar-refractivity contribution is 6.25. The Balaban J connectivity index is 1.17. The Hall–Kier alpha value is -4.56. The van der Waals surface area contributed by atoms with Crippen molar-refractivity contribution in [3.05, 3.63) is 102 Å². The average Bonchev–Trinajstić information content (AvgIpc) is 3.39. The molecule has 6 rings (SSSR count). The van der Waals surface area contributed by atoms with Crippen LogP contribution in [-0.2, 0) is 16.0 Å². The molecular formula is C33H33N5O3. The number of carbonyl (C=O) groups is 2. The van der Waals surface area contributed by atoms with E-state index in [9.17, 15) is 14.7 Å². The Morgan fingerprint density at radius 2 is 1.80 bits per heavy atom. The van der Waals surface area contributed by atoms with Crippen LogP contribution >= 0.6 is 0 Å². The molecule has 41 heavy (non-hydrogen) atoms. The molecule has 0 spiro atoms. The van der Waals surface area contributed by atoms with Crippen LogP contribution in [0.3, 0.4) is 0 Å². The van der Waals surface area contributed by atoms with Crippen molar-refractivity contribution >= 4 is 28.7 Å². The summed E-state index contributed by atoms with van der Waals surface area (Å²) in [7, 11) is 0. The van der Waals surface area contributed by atoms with E-state index in [4.69, 9.17) is 5.73 Å². The van der Waals surface area contributed by atoms with Crippen LogP contribution in [-0.4, -0.2) is 37.5 Å². The highest BCUT2D eigenvalue weighted by Gasteiger charge is 2.28. The van der Waals surface area contributed by atoms with E-state index in [-0.39, 0.29) is 29.3 Å². The summed E-state index contributed by atoms with van der Waals surface area (Å²) < 4.78 is 1.87. The molecule has 4 aromatic rings. The van der Waals surface area contributed by atoms with Gasteiger partial charge in [-0.1, -0.05) is 54.6 Å². The molecule has 2 aromatic heterocycles. The number of rotatable bonds is 7. The molecule has 2 aliphatic rings. The van der Waals surface area contributed by atoms with Gasteiger partial charge in [0.25, 0.3) is 5.91 Å². The van der Waals surface area contributed by atoms with Gasteiger partial charge in [-0.3, -0.25) is 9.59 Å². The monoisotopic (exact) mass is 547 g/mol. The van der Waals surface area contributed by atoms with Crippen molar-refractivity contribution in [3.63, 3.8) is 0 Å². The number of allylic oxidation sites excluding steroid dienone is 3. The number of fused-ring (bicyclic) bond motifs is 1. The van der Waals surface area contributed by atoms with Crippen molar-refractivity contribution in [1.82, 2.24) is 14.6 Å². The van der Waals surface area contributed by atoms with Gasteiger partial charge in [0.05, 0.1) is 11.7 Å². The minimum atomic E-state index is -0.412. The first kappa shape index (κ1) is 26.7. The fourth-order valence-corrected chi connectivity index (χ4v) is 5.94. The number of nitrogen functional groups attached to an aromatic ring is 1. The fourth-order valence-electron chi connectivity index (χ4n) is 5.94. The summed E-state index contributed by atoms with van der Waals surface area (Å²) in [6.45, 7) is 0. The van der Waals surface area contributed by atoms with Crippen LogP contribution in [0.1, 0.15) is 49.3 Å². The highest BCUT2D eigenvalue weighted by Crippen LogP contribution is 2.39. The van der Waals surface area contributed by atoms with Crippen LogP contribution in [0.15, 0.2) is 90.8 Å². The van der Waals surface area contributed by atoms with Gasteiger partial charge in [0.1, 0.15) is 11.8 Å². The zero-order valence-corrected chi connectivity index (χ0v) is 22.7. The van der Waals surface area contributed by atoms with Gasteiger partial charge in [0.15, 0.2) is 11.6 Å². The van der Waals surface area contributed by atoms with E-state index in [1.54, 1.807) is 12.2 Å². The average molecular weight is 548 g/mol. The van der Waals surface area contributed by atoms with E-state index >= 15 is 0 Å². The molecule has 8 heteroatoms. The number of hydrogen-bond acceptors (Lipinski definition) is 6. The van der Waals surface area contributed by atoms with E-state index in [1.807, 2.05) is 65.2 Å². The number of nitrogens with two attached hydrogens (primary N) is 1. The third-order valence-electron chi connectivity index (χ3n) is 8.22. The lowest BCUT2D eigenvalue weighted by Gasteiger charge is -2.24. The number of amides is 1. The van der Waals surface area contributed by atoms with Crippen LogP contribution in [0.2, 0.25) is 0 Å². The summed E-state index contributed by atoms with van der Waals surface area (Å²) in [5, 5.41) is 17.4. The number of aromatic nitrogens is 3. The first-order valence-corrected chi connectivity index (χ1v) is 14.2. The quantitative estimate of drug-likeness (QED) is 0.272. The molecule has 1 saturated carbocycles. The SMILES string of the molecule is Nc1ncnn2c1c(-c1ccc(NC(=O)C3=CC=CC(CCc4ccccc4)C3=O)cc1)cc2[C@H]1CC[C@@H](O)CC1. The maximum atomic E-state index is 13.1. The Morgan fingerprint density at radius 1 is 1.05 bits per heavy atom. The van der Waals surface area contributed by atoms with Gasteiger partial charge in [-0.25, -0.2) is 9.50 Å². The molecule has 2 aromatic carbocycles. The van der Waals surface area contributed by atoms with Crippen molar-refractivity contribution in [2.75, 3.05) is 11.1 Å². The van der Waals surface area contributed by atoms with E-state index in [0.29, 0.717) is 17.9 Å². The molecule has 0 saturated heterocycles. The second-order valence-electron chi connectivity index (χ2n) is 10.9. The minimum Gasteiger partial charge on any atom is -0.393 e. The molecule has 8 nitrogen and oxygen atoms in total. The summed E-state index contributed by atoms with van der Waals surface area (Å²) in [5.41, 5.74) is 11.9. The number of aryl methyl sites for hydroxylation is 1. The molecule has 1 fully saturated rings. The van der Waals surface area contributed by atoms with Gasteiger partial charge in [0, 0.05) is 28.8 Å². The van der Waals surface area contributed by atoms with E-state index < -0.39 is 5.91 Å². The summed E-state index contributed by atoms with van der Waals surface area (Å²) in [5.74, 6) is -0.214. The molecule has 1 atom stereocenters. The smallest absolute Gasteiger partial charge is 0.259 e. The molecule has 208 valence electrons. The molecular weight excluding hydrogens is 514 g/mol. The van der Waals surface area contributed by atoms with Crippen molar-refractivity contribution in [2.24, 2.45) is 5.92 Å². The molecule has 0 radical (unpaired) electrons. The van der Waals surface area contributed by atoms with Crippen LogP contribution in [0, 0.1) is 5.92 Å². The summed E-state index contributed by atoms with van der Waals surface area (Å²) in [4.78, 5) is 30.4. The third kappa shape index (κ3) is 5.56. The minimum absolute atomic E-state index is 0.156. The Labute approximate surface area is 238 Å². The topological polar surface area (TPSA) is 123 Å². The maximum Gasteiger partial charge on any atom is 0.259 e. The summed E-state index contributed by atoms with van der Waals surface area (Å²) in [6.07, 6.45) is 11.2. The van der Waals surface area contributed by atoms with Crippen molar-refractivity contribution in [3.8, 4) is 11.1 Å². The second-order valence-corrected chi connectivity index (χ2v) is 10.9. The van der Waals surface area contributed by atoms with Crippen LogP contribution in [0.5, 0.6) is 0 Å². The van der Waals surface area contributed by atoms with Gasteiger partial charge in [-0.2, -0.15) is 5.10 Å². The van der Waals surface area contributed by atoms with Gasteiger partial charge in [0.2, 0.25) is 0 Å². The second kappa shape index (κ2) is 11.5. The molecule has 0 aliphatic heterocycles. The van der Waals surface area contributed by atoms with Crippen molar-refractivity contribution in [1.29, 1.82) is 0 Å². The van der Waals surface area contributed by atoms with Gasteiger partial charge >= 0.3 is 0 Å². The van der Waals surface area contributed by atoms with Crippen LogP contribution in [0.4, 0.5) is 11.5 Å². The Morgan fingerprint density at radius 3 is 2.56 bits per heavy atom. The number of hydrogen-bond donors (Lipinski definition) is 3. The predicted octanol–water partition coefficient (Wildman–Crippen LogP) is 5.25. The van der Waals surface area contributed by atoms with Crippen LogP contribution < -0.4 is 11.1 Å². The lowest BCUT2D eigenvalue weighted by atomic mass is 9.85. The zero-order chi connectivity index (χ0) is 28.3. The number of aliphatic hydroxyl groups excluding tert-OH is 1. The van der Waals surface area contributed by atoms with Gasteiger partial charge < -0.3 is 16.2 Å². The first-order chi connectivity index (χ1) is 20.0. The number of anilines is 2. The molecule has 4 N–H and O–H groups in total. The highest BCUT2D eigenvalue weighted by atomic mass is 16.3. The number of nitrogens with one attached hydrogen (secondary N) is 1. The number of benzene rings is 2. The molecule has 2 aliphatic carbocycles. The number of carbonyl (C=O) groups excluding carboxylic acids is 2. The van der Waals surface area contributed by atoms with Crippen molar-refractivity contribution < 1.29 is 14.7 Å². The van der Waals surface area contributed by atoms with E-state index in [1.165, 1.54) is 11.9 Å². The number of Topliss-reactive ketones (excluding diaryl/α,β-unsaturated/α-hetero) is 1. The number of aliphatic hydroxyl groups is 1. The predicted molar refractivity (Wildman–Crippen MR) is 159 cm³/mol. The number of nitrogens with zero attached hydrogens (tertiary/aromatic N) is 3. The van der Waals surface area contributed by atoms with Gasteiger partial charge in [-0.15, -0.1) is 0 Å². The number of ketones is 1. The first-order valence-electron chi connectivity index (χ1n) is 14.2. The third-order valence-corrected chi connectivity index (χ3v) is 8.22. The van der Waals surface area contributed by atoms with Crippen molar-refractivity contribution in [2.45, 2.75) is 50.5 Å².